The van der Waals surface area contributed by atoms with E-state index in [0.29, 0.717) is 34.3 Å². The first-order valence-electron chi connectivity index (χ1n) is 7.29. The first kappa shape index (κ1) is 13.7. The molecule has 0 fully saturated rings. The molecule has 0 N–H and O–H groups in total. The van der Waals surface area contributed by atoms with Crippen LogP contribution in [0.1, 0.15) is 25.3 Å². The van der Waals surface area contributed by atoms with E-state index in [9.17, 15) is 4.79 Å². The Morgan fingerprint density at radius 1 is 1.14 bits per heavy atom. The van der Waals surface area contributed by atoms with Crippen LogP contribution >= 0.6 is 0 Å². The zero-order valence-electron chi connectivity index (χ0n) is 12.3. The minimum absolute atomic E-state index is 0.0293. The zero-order chi connectivity index (χ0) is 14.8. The molecule has 0 amide bonds. The third-order valence-corrected chi connectivity index (χ3v) is 3.54. The summed E-state index contributed by atoms with van der Waals surface area (Å²) in [4.78, 5) is 12.7. The molecule has 1 aromatic heterocycles. The van der Waals surface area contributed by atoms with Crippen molar-refractivity contribution in [2.24, 2.45) is 0 Å². The summed E-state index contributed by atoms with van der Waals surface area (Å²) in [6.07, 6.45) is 2.02. The van der Waals surface area contributed by atoms with Gasteiger partial charge in [0.25, 0.3) is 0 Å². The molecule has 21 heavy (non-hydrogen) atoms. The van der Waals surface area contributed by atoms with Gasteiger partial charge in [0, 0.05) is 0 Å². The van der Waals surface area contributed by atoms with Crippen LogP contribution in [-0.4, -0.2) is 6.61 Å². The Bertz CT molecular complexity index is 846. The summed E-state index contributed by atoms with van der Waals surface area (Å²) in [7, 11) is 0. The van der Waals surface area contributed by atoms with E-state index in [1.165, 1.54) is 0 Å². The van der Waals surface area contributed by atoms with Crippen LogP contribution in [-0.2, 0) is 0 Å². The highest BCUT2D eigenvalue weighted by Crippen LogP contribution is 2.28. The maximum absolute atomic E-state index is 12.7. The van der Waals surface area contributed by atoms with Gasteiger partial charge in [-0.15, -0.1) is 0 Å². The van der Waals surface area contributed by atoms with Gasteiger partial charge in [0.2, 0.25) is 5.43 Å². The molecule has 0 atom stereocenters. The number of para-hydroxylation sites is 1. The van der Waals surface area contributed by atoms with Gasteiger partial charge in [-0.25, -0.2) is 0 Å². The molecule has 0 unspecified atom stereocenters. The predicted molar refractivity (Wildman–Crippen MR) is 85.1 cm³/mol. The molecule has 3 nitrogen and oxygen atoms in total. The predicted octanol–water partition coefficient (Wildman–Crippen LogP) is 4.43. The highest BCUT2D eigenvalue weighted by Gasteiger charge is 2.13. The molecule has 0 bridgehead atoms. The first-order valence-corrected chi connectivity index (χ1v) is 7.29. The third kappa shape index (κ3) is 2.51. The fourth-order valence-electron chi connectivity index (χ4n) is 2.46. The minimum Gasteiger partial charge on any atom is -0.493 e. The lowest BCUT2D eigenvalue weighted by Gasteiger charge is -2.10. The van der Waals surface area contributed by atoms with Gasteiger partial charge in [-0.1, -0.05) is 25.5 Å². The van der Waals surface area contributed by atoms with Crippen molar-refractivity contribution >= 4 is 21.9 Å². The van der Waals surface area contributed by atoms with Gasteiger partial charge in [-0.2, -0.15) is 0 Å². The summed E-state index contributed by atoms with van der Waals surface area (Å²) in [6, 6.07) is 11.1. The van der Waals surface area contributed by atoms with E-state index in [1.54, 1.807) is 6.07 Å². The Kier molecular flexibility index (Phi) is 3.65. The molecule has 1 heterocycles. The molecule has 3 heteroatoms. The Balaban J connectivity index is 2.27. The lowest BCUT2D eigenvalue weighted by Crippen LogP contribution is -2.06. The van der Waals surface area contributed by atoms with Gasteiger partial charge in [0.05, 0.1) is 12.0 Å². The average molecular weight is 282 g/mol. The Labute approximate surface area is 123 Å². The van der Waals surface area contributed by atoms with E-state index in [-0.39, 0.29) is 5.43 Å². The lowest BCUT2D eigenvalue weighted by atomic mass is 10.1. The highest BCUT2D eigenvalue weighted by molar-refractivity contribution is 5.93. The number of rotatable bonds is 4. The molecular formula is C18H18O3. The van der Waals surface area contributed by atoms with E-state index in [2.05, 4.69) is 6.92 Å². The summed E-state index contributed by atoms with van der Waals surface area (Å²) in [5, 5.41) is 1.13. The molecular weight excluding hydrogens is 264 g/mol. The number of aryl methyl sites for hydroxylation is 1. The molecule has 2 aromatic carbocycles. The SMILES string of the molecule is CCCCOc1cc(C)cc2oc3ccccc3c(=O)c12. The Morgan fingerprint density at radius 3 is 2.76 bits per heavy atom. The maximum Gasteiger partial charge on any atom is 0.204 e. The van der Waals surface area contributed by atoms with Gasteiger partial charge in [0.15, 0.2) is 0 Å². The first-order chi connectivity index (χ1) is 10.2. The summed E-state index contributed by atoms with van der Waals surface area (Å²) in [6.45, 7) is 4.70. The molecule has 3 rings (SSSR count). The van der Waals surface area contributed by atoms with E-state index in [4.69, 9.17) is 9.15 Å². The average Bonchev–Trinajstić information content (AvgIpc) is 2.47. The smallest absolute Gasteiger partial charge is 0.204 e. The normalized spacial score (nSPS) is 11.1. The van der Waals surface area contributed by atoms with Crippen molar-refractivity contribution in [2.45, 2.75) is 26.7 Å². The Morgan fingerprint density at radius 2 is 1.95 bits per heavy atom. The van der Waals surface area contributed by atoms with Crippen LogP contribution in [0.25, 0.3) is 21.9 Å². The molecule has 0 aliphatic carbocycles. The quantitative estimate of drug-likeness (QED) is 0.525. The molecule has 0 spiro atoms. The van der Waals surface area contributed by atoms with Gasteiger partial charge < -0.3 is 9.15 Å². The van der Waals surface area contributed by atoms with Gasteiger partial charge in [-0.05, 0) is 43.2 Å². The molecule has 0 saturated heterocycles. The standard InChI is InChI=1S/C18H18O3/c1-3-4-9-20-15-10-12(2)11-16-17(15)18(19)13-7-5-6-8-14(13)21-16/h5-8,10-11H,3-4,9H2,1-2H3. The number of fused-ring (bicyclic) bond motifs is 2. The van der Waals surface area contributed by atoms with E-state index < -0.39 is 0 Å². The van der Waals surface area contributed by atoms with E-state index in [0.717, 1.165) is 18.4 Å². The fourth-order valence-corrected chi connectivity index (χ4v) is 2.46. The van der Waals surface area contributed by atoms with Crippen molar-refractivity contribution < 1.29 is 9.15 Å². The van der Waals surface area contributed by atoms with Crippen molar-refractivity contribution in [1.29, 1.82) is 0 Å². The van der Waals surface area contributed by atoms with Crippen molar-refractivity contribution in [1.82, 2.24) is 0 Å². The summed E-state index contributed by atoms with van der Waals surface area (Å²) >= 11 is 0. The third-order valence-electron chi connectivity index (χ3n) is 3.54. The van der Waals surface area contributed by atoms with Crippen LogP contribution in [0.3, 0.4) is 0 Å². The molecule has 0 saturated carbocycles. The van der Waals surface area contributed by atoms with Crippen LogP contribution in [0.5, 0.6) is 5.75 Å². The number of benzene rings is 2. The fraction of sp³-hybridized carbons (Fsp3) is 0.278. The summed E-state index contributed by atoms with van der Waals surface area (Å²) < 4.78 is 11.7. The Hall–Kier alpha value is -2.29. The topological polar surface area (TPSA) is 39.4 Å². The van der Waals surface area contributed by atoms with Crippen molar-refractivity contribution in [3.05, 3.63) is 52.2 Å². The second kappa shape index (κ2) is 5.60. The summed E-state index contributed by atoms with van der Waals surface area (Å²) in [5.74, 6) is 0.623. The molecule has 0 aliphatic heterocycles. The van der Waals surface area contributed by atoms with Crippen molar-refractivity contribution in [3.63, 3.8) is 0 Å². The molecule has 0 aliphatic rings. The number of ether oxygens (including phenoxy) is 1. The van der Waals surface area contributed by atoms with E-state index in [1.807, 2.05) is 37.3 Å². The number of hydrogen-bond donors (Lipinski definition) is 0. The van der Waals surface area contributed by atoms with Gasteiger partial charge >= 0.3 is 0 Å². The molecule has 108 valence electrons. The highest BCUT2D eigenvalue weighted by atomic mass is 16.5. The monoisotopic (exact) mass is 282 g/mol. The van der Waals surface area contributed by atoms with Crippen LogP contribution in [0.2, 0.25) is 0 Å². The number of hydrogen-bond acceptors (Lipinski definition) is 3. The number of unbranched alkanes of at least 4 members (excludes halogenated alkanes) is 1. The van der Waals surface area contributed by atoms with Gasteiger partial charge in [0.1, 0.15) is 22.3 Å². The molecule has 0 radical (unpaired) electrons. The zero-order valence-corrected chi connectivity index (χ0v) is 12.3. The van der Waals surface area contributed by atoms with Crippen LogP contribution < -0.4 is 10.2 Å². The summed E-state index contributed by atoms with van der Waals surface area (Å²) in [5.41, 5.74) is 2.19. The maximum atomic E-state index is 12.7. The van der Waals surface area contributed by atoms with Crippen LogP contribution in [0, 0.1) is 6.92 Å². The van der Waals surface area contributed by atoms with E-state index >= 15 is 0 Å². The lowest BCUT2D eigenvalue weighted by molar-refractivity contribution is 0.312. The molecule has 3 aromatic rings. The van der Waals surface area contributed by atoms with Crippen LogP contribution in [0.4, 0.5) is 0 Å². The van der Waals surface area contributed by atoms with Crippen molar-refractivity contribution in [3.8, 4) is 5.75 Å². The minimum atomic E-state index is -0.0293. The largest absolute Gasteiger partial charge is 0.493 e. The van der Waals surface area contributed by atoms with Crippen molar-refractivity contribution in [2.75, 3.05) is 6.61 Å². The second-order valence-electron chi connectivity index (χ2n) is 5.27. The van der Waals surface area contributed by atoms with Crippen LogP contribution in [0.15, 0.2) is 45.6 Å². The second-order valence-corrected chi connectivity index (χ2v) is 5.27. The van der Waals surface area contributed by atoms with Gasteiger partial charge in [-0.3, -0.25) is 4.79 Å².